The van der Waals surface area contributed by atoms with Gasteiger partial charge in [0.15, 0.2) is 5.82 Å². The molecule has 5 heteroatoms. The minimum absolute atomic E-state index is 0.230. The van der Waals surface area contributed by atoms with E-state index < -0.39 is 0 Å². The van der Waals surface area contributed by atoms with Gasteiger partial charge in [-0.15, -0.1) is 0 Å². The van der Waals surface area contributed by atoms with Crippen LogP contribution in [-0.4, -0.2) is 21.7 Å². The summed E-state index contributed by atoms with van der Waals surface area (Å²) in [6.45, 7) is 1.03. The molecule has 1 saturated heterocycles. The van der Waals surface area contributed by atoms with Crippen LogP contribution in [0.3, 0.4) is 0 Å². The number of piperidine rings is 1. The highest BCUT2D eigenvalue weighted by molar-refractivity contribution is 5.13. The van der Waals surface area contributed by atoms with Gasteiger partial charge in [0.25, 0.3) is 0 Å². The molecule has 1 aliphatic heterocycles. The molecule has 0 radical (unpaired) electrons. The molecule has 1 aliphatic rings. The van der Waals surface area contributed by atoms with Crippen LogP contribution in [0.1, 0.15) is 42.6 Å². The van der Waals surface area contributed by atoms with Gasteiger partial charge in [0, 0.05) is 18.8 Å². The molecule has 94 valence electrons. The summed E-state index contributed by atoms with van der Waals surface area (Å²) in [6.07, 6.45) is 7.79. The van der Waals surface area contributed by atoms with E-state index in [9.17, 15) is 0 Å². The number of aromatic nitrogens is 3. The average Bonchev–Trinajstić information content (AvgIpc) is 2.89. The molecular weight excluding hydrogens is 228 g/mol. The van der Waals surface area contributed by atoms with Crippen LogP contribution < -0.4 is 5.32 Å². The van der Waals surface area contributed by atoms with E-state index in [1.807, 2.05) is 18.3 Å². The number of hydrogen-bond donors (Lipinski definition) is 1. The van der Waals surface area contributed by atoms with Gasteiger partial charge in [-0.1, -0.05) is 17.6 Å². The summed E-state index contributed by atoms with van der Waals surface area (Å²) in [4.78, 5) is 8.54. The Morgan fingerprint density at radius 3 is 3.17 bits per heavy atom. The summed E-state index contributed by atoms with van der Waals surface area (Å²) in [6, 6.07) is 4.16. The van der Waals surface area contributed by atoms with Crippen LogP contribution >= 0.6 is 0 Å². The molecule has 5 nitrogen and oxygen atoms in total. The molecule has 1 atom stereocenters. The minimum Gasteiger partial charge on any atom is -0.338 e. The van der Waals surface area contributed by atoms with E-state index in [0.29, 0.717) is 12.3 Å². The van der Waals surface area contributed by atoms with Crippen LogP contribution in [0.2, 0.25) is 0 Å². The summed E-state index contributed by atoms with van der Waals surface area (Å²) in [7, 11) is 0. The SMILES string of the molecule is c1cncc(Cc2noc(C3CCCCN3)n2)c1. The third kappa shape index (κ3) is 2.56. The van der Waals surface area contributed by atoms with Gasteiger partial charge in [-0.05, 0) is 31.0 Å². The van der Waals surface area contributed by atoms with Gasteiger partial charge in [0.1, 0.15) is 0 Å². The van der Waals surface area contributed by atoms with Crippen molar-refractivity contribution in [2.75, 3.05) is 6.54 Å². The number of hydrogen-bond acceptors (Lipinski definition) is 5. The molecule has 0 amide bonds. The van der Waals surface area contributed by atoms with Gasteiger partial charge in [0.05, 0.1) is 6.04 Å². The van der Waals surface area contributed by atoms with Crippen LogP contribution in [0.25, 0.3) is 0 Å². The number of nitrogens with one attached hydrogen (secondary N) is 1. The molecule has 1 N–H and O–H groups in total. The molecule has 3 heterocycles. The molecule has 18 heavy (non-hydrogen) atoms. The first-order valence-electron chi connectivity index (χ1n) is 6.36. The van der Waals surface area contributed by atoms with E-state index in [2.05, 4.69) is 20.4 Å². The lowest BCUT2D eigenvalue weighted by Crippen LogP contribution is -2.27. The van der Waals surface area contributed by atoms with E-state index in [1.165, 1.54) is 12.8 Å². The zero-order chi connectivity index (χ0) is 12.2. The molecule has 1 fully saturated rings. The van der Waals surface area contributed by atoms with Crippen molar-refractivity contribution >= 4 is 0 Å². The summed E-state index contributed by atoms with van der Waals surface area (Å²) in [5.74, 6) is 1.44. The van der Waals surface area contributed by atoms with E-state index in [0.717, 1.165) is 24.4 Å². The molecule has 0 aliphatic carbocycles. The third-order valence-corrected chi connectivity index (χ3v) is 3.18. The highest BCUT2D eigenvalue weighted by Gasteiger charge is 2.20. The van der Waals surface area contributed by atoms with Crippen molar-refractivity contribution in [3.8, 4) is 0 Å². The molecule has 1 unspecified atom stereocenters. The fourth-order valence-corrected chi connectivity index (χ4v) is 2.23. The zero-order valence-corrected chi connectivity index (χ0v) is 10.2. The van der Waals surface area contributed by atoms with Gasteiger partial charge in [0.2, 0.25) is 5.89 Å². The van der Waals surface area contributed by atoms with Crippen molar-refractivity contribution in [2.45, 2.75) is 31.7 Å². The Labute approximate surface area is 106 Å². The Bertz CT molecular complexity index is 491. The van der Waals surface area contributed by atoms with Gasteiger partial charge < -0.3 is 9.84 Å². The van der Waals surface area contributed by atoms with E-state index in [-0.39, 0.29) is 6.04 Å². The molecule has 2 aromatic rings. The van der Waals surface area contributed by atoms with Crippen molar-refractivity contribution in [2.24, 2.45) is 0 Å². The van der Waals surface area contributed by atoms with Crippen molar-refractivity contribution < 1.29 is 4.52 Å². The van der Waals surface area contributed by atoms with Crippen molar-refractivity contribution in [3.05, 3.63) is 41.8 Å². The fourth-order valence-electron chi connectivity index (χ4n) is 2.23. The zero-order valence-electron chi connectivity index (χ0n) is 10.2. The molecule has 0 aromatic carbocycles. The number of rotatable bonds is 3. The second-order valence-corrected chi connectivity index (χ2v) is 4.59. The van der Waals surface area contributed by atoms with E-state index in [4.69, 9.17) is 4.52 Å². The monoisotopic (exact) mass is 244 g/mol. The van der Waals surface area contributed by atoms with Crippen LogP contribution in [0.4, 0.5) is 0 Å². The first-order valence-corrected chi connectivity index (χ1v) is 6.36. The smallest absolute Gasteiger partial charge is 0.243 e. The van der Waals surface area contributed by atoms with Crippen molar-refractivity contribution in [1.82, 2.24) is 20.4 Å². The van der Waals surface area contributed by atoms with Gasteiger partial charge >= 0.3 is 0 Å². The number of nitrogens with zero attached hydrogens (tertiary/aromatic N) is 3. The van der Waals surface area contributed by atoms with E-state index >= 15 is 0 Å². The lowest BCUT2D eigenvalue weighted by Gasteiger charge is -2.19. The summed E-state index contributed by atoms with van der Waals surface area (Å²) in [5.41, 5.74) is 1.10. The third-order valence-electron chi connectivity index (χ3n) is 3.18. The molecule has 0 bridgehead atoms. The van der Waals surface area contributed by atoms with Gasteiger partial charge in [-0.3, -0.25) is 4.98 Å². The van der Waals surface area contributed by atoms with Crippen LogP contribution in [-0.2, 0) is 6.42 Å². The highest BCUT2D eigenvalue weighted by atomic mass is 16.5. The molecule has 0 saturated carbocycles. The quantitative estimate of drug-likeness (QED) is 0.893. The Morgan fingerprint density at radius 1 is 1.39 bits per heavy atom. The van der Waals surface area contributed by atoms with E-state index in [1.54, 1.807) is 6.20 Å². The Hall–Kier alpha value is -1.75. The lowest BCUT2D eigenvalue weighted by atomic mass is 10.1. The summed E-state index contributed by atoms with van der Waals surface area (Å²) >= 11 is 0. The predicted octanol–water partition coefficient (Wildman–Crippen LogP) is 1.87. The topological polar surface area (TPSA) is 63.8 Å². The maximum Gasteiger partial charge on any atom is 0.243 e. The minimum atomic E-state index is 0.230. The average molecular weight is 244 g/mol. The first kappa shape index (κ1) is 11.3. The number of pyridine rings is 1. The van der Waals surface area contributed by atoms with Crippen molar-refractivity contribution in [3.63, 3.8) is 0 Å². The molecular formula is C13H16N4O. The Kier molecular flexibility index (Phi) is 3.32. The molecule has 3 rings (SSSR count). The molecule has 2 aromatic heterocycles. The van der Waals surface area contributed by atoms with Crippen molar-refractivity contribution in [1.29, 1.82) is 0 Å². The summed E-state index contributed by atoms with van der Waals surface area (Å²) < 4.78 is 5.33. The lowest BCUT2D eigenvalue weighted by molar-refractivity contribution is 0.296. The van der Waals surface area contributed by atoms with Crippen LogP contribution in [0.5, 0.6) is 0 Å². The van der Waals surface area contributed by atoms with Gasteiger partial charge in [-0.25, -0.2) is 0 Å². The summed E-state index contributed by atoms with van der Waals surface area (Å²) in [5, 5.41) is 7.44. The maximum absolute atomic E-state index is 5.33. The second kappa shape index (κ2) is 5.27. The molecule has 0 spiro atoms. The normalized spacial score (nSPS) is 19.9. The standard InChI is InChI=1S/C13H16N4O/c1-2-7-15-11(5-1)13-16-12(17-18-13)8-10-4-3-6-14-9-10/h3-4,6,9,11,15H,1-2,5,7-8H2. The predicted molar refractivity (Wildman–Crippen MR) is 65.9 cm³/mol. The van der Waals surface area contributed by atoms with Gasteiger partial charge in [-0.2, -0.15) is 4.98 Å². The Balaban J connectivity index is 1.69. The van der Waals surface area contributed by atoms with Crippen LogP contribution in [0, 0.1) is 0 Å². The fraction of sp³-hybridized carbons (Fsp3) is 0.462. The maximum atomic E-state index is 5.33. The largest absolute Gasteiger partial charge is 0.338 e. The van der Waals surface area contributed by atoms with Crippen LogP contribution in [0.15, 0.2) is 29.0 Å². The Morgan fingerprint density at radius 2 is 2.39 bits per heavy atom. The second-order valence-electron chi connectivity index (χ2n) is 4.59. The first-order chi connectivity index (χ1) is 8.92. The highest BCUT2D eigenvalue weighted by Crippen LogP contribution is 2.21.